The molecule has 0 saturated carbocycles. The Morgan fingerprint density at radius 1 is 1.36 bits per heavy atom. The van der Waals surface area contributed by atoms with Gasteiger partial charge in [0.25, 0.3) is 0 Å². The average molecular weight is 209 g/mol. The molecule has 3 nitrogen and oxygen atoms in total. The van der Waals surface area contributed by atoms with Gasteiger partial charge in [-0.1, -0.05) is 6.92 Å². The number of carbonyl (C=O) groups excluding carboxylic acids is 2. The zero-order valence-corrected chi connectivity index (χ0v) is 7.97. The van der Waals surface area contributed by atoms with Gasteiger partial charge in [0.15, 0.2) is 5.41 Å². The first-order chi connectivity index (χ1) is 6.14. The number of rotatable bonds is 0. The second-order valence-corrected chi connectivity index (χ2v) is 3.62. The zero-order chi connectivity index (χ0) is 11.3. The maximum atomic E-state index is 12.6. The molecule has 2 unspecified atom stereocenters. The Kier molecular flexibility index (Phi) is 2.13. The van der Waals surface area contributed by atoms with Crippen molar-refractivity contribution in [3.8, 4) is 0 Å². The Morgan fingerprint density at radius 3 is 1.93 bits per heavy atom. The van der Waals surface area contributed by atoms with Gasteiger partial charge in [0.05, 0.1) is 5.92 Å². The molecule has 0 aromatic carbocycles. The first-order valence-corrected chi connectivity index (χ1v) is 4.02. The molecule has 2 atom stereocenters. The fraction of sp³-hybridized carbons (Fsp3) is 0.750. The van der Waals surface area contributed by atoms with Crippen LogP contribution in [0.3, 0.4) is 0 Å². The van der Waals surface area contributed by atoms with Gasteiger partial charge < -0.3 is 0 Å². The molecule has 1 aliphatic heterocycles. The van der Waals surface area contributed by atoms with E-state index in [4.69, 9.17) is 0 Å². The molecule has 1 fully saturated rings. The van der Waals surface area contributed by atoms with Crippen molar-refractivity contribution in [2.75, 3.05) is 7.05 Å². The molecule has 2 amide bonds. The van der Waals surface area contributed by atoms with Gasteiger partial charge in [-0.2, -0.15) is 13.2 Å². The molecule has 0 aromatic rings. The van der Waals surface area contributed by atoms with E-state index in [1.54, 1.807) is 0 Å². The van der Waals surface area contributed by atoms with Gasteiger partial charge in [-0.05, 0) is 6.92 Å². The minimum Gasteiger partial charge on any atom is -0.285 e. The Hall–Kier alpha value is -1.07. The van der Waals surface area contributed by atoms with Crippen LogP contribution in [0, 0.1) is 11.3 Å². The maximum Gasteiger partial charge on any atom is 0.403 e. The number of hydrogen-bond donors (Lipinski definition) is 0. The molecule has 80 valence electrons. The van der Waals surface area contributed by atoms with Crippen LogP contribution in [0.15, 0.2) is 0 Å². The van der Waals surface area contributed by atoms with Crippen molar-refractivity contribution in [3.63, 3.8) is 0 Å². The quantitative estimate of drug-likeness (QED) is 0.562. The third-order valence-electron chi connectivity index (χ3n) is 2.90. The monoisotopic (exact) mass is 209 g/mol. The summed E-state index contributed by atoms with van der Waals surface area (Å²) in [5.74, 6) is -3.31. The molecule has 1 rings (SSSR count). The predicted octanol–water partition coefficient (Wildman–Crippen LogP) is 1.19. The van der Waals surface area contributed by atoms with Crippen molar-refractivity contribution in [2.45, 2.75) is 20.0 Å². The number of nitrogens with zero attached hydrogens (tertiary/aromatic N) is 1. The summed E-state index contributed by atoms with van der Waals surface area (Å²) in [5, 5.41) is 0. The van der Waals surface area contributed by atoms with Crippen molar-refractivity contribution >= 4 is 11.8 Å². The maximum absolute atomic E-state index is 12.6. The summed E-state index contributed by atoms with van der Waals surface area (Å²) >= 11 is 0. The Labute approximate surface area is 78.9 Å². The van der Waals surface area contributed by atoms with E-state index in [1.807, 2.05) is 0 Å². The molecule has 14 heavy (non-hydrogen) atoms. The number of hydrogen-bond acceptors (Lipinski definition) is 2. The predicted molar refractivity (Wildman–Crippen MR) is 41.1 cm³/mol. The van der Waals surface area contributed by atoms with E-state index >= 15 is 0 Å². The van der Waals surface area contributed by atoms with Crippen molar-refractivity contribution in [2.24, 2.45) is 11.3 Å². The number of carbonyl (C=O) groups is 2. The molecule has 6 heteroatoms. The van der Waals surface area contributed by atoms with E-state index in [0.717, 1.165) is 20.9 Å². The van der Waals surface area contributed by atoms with Crippen LogP contribution < -0.4 is 0 Å². The molecule has 1 heterocycles. The summed E-state index contributed by atoms with van der Waals surface area (Å²) in [4.78, 5) is 23.0. The van der Waals surface area contributed by atoms with E-state index in [1.165, 1.54) is 0 Å². The molecule has 0 aromatic heterocycles. The number of alkyl halides is 3. The summed E-state index contributed by atoms with van der Waals surface area (Å²) < 4.78 is 37.8. The molecular weight excluding hydrogens is 199 g/mol. The Balaban J connectivity index is 3.25. The average Bonchev–Trinajstić information content (AvgIpc) is 2.21. The lowest BCUT2D eigenvalue weighted by Gasteiger charge is -2.27. The number of imide groups is 1. The highest BCUT2D eigenvalue weighted by Crippen LogP contribution is 2.49. The number of halogens is 3. The van der Waals surface area contributed by atoms with Crippen molar-refractivity contribution in [1.82, 2.24) is 4.90 Å². The van der Waals surface area contributed by atoms with E-state index < -0.39 is 29.3 Å². The normalized spacial score (nSPS) is 34.1. The smallest absolute Gasteiger partial charge is 0.285 e. The van der Waals surface area contributed by atoms with Crippen LogP contribution in [0.25, 0.3) is 0 Å². The van der Waals surface area contributed by atoms with Gasteiger partial charge in [-0.3, -0.25) is 14.5 Å². The molecular formula is C8H10F3NO2. The highest BCUT2D eigenvalue weighted by Gasteiger charge is 2.67. The summed E-state index contributed by atoms with van der Waals surface area (Å²) in [5.41, 5.74) is -2.57. The number of likely N-dealkylation sites (tertiary alicyclic amines) is 1. The molecule has 0 bridgehead atoms. The minimum absolute atomic E-state index is 0.540. The molecule has 1 saturated heterocycles. The molecule has 0 N–H and O–H groups in total. The summed E-state index contributed by atoms with van der Waals surface area (Å²) in [6.07, 6.45) is -4.69. The fourth-order valence-corrected chi connectivity index (χ4v) is 1.54. The van der Waals surface area contributed by atoms with Crippen LogP contribution >= 0.6 is 0 Å². The number of amides is 2. The highest BCUT2D eigenvalue weighted by atomic mass is 19.4. The van der Waals surface area contributed by atoms with Gasteiger partial charge in [-0.15, -0.1) is 0 Å². The Morgan fingerprint density at radius 2 is 1.79 bits per heavy atom. The van der Waals surface area contributed by atoms with Crippen molar-refractivity contribution < 1.29 is 22.8 Å². The molecule has 0 spiro atoms. The van der Waals surface area contributed by atoms with E-state index in [9.17, 15) is 22.8 Å². The van der Waals surface area contributed by atoms with E-state index in [2.05, 4.69) is 0 Å². The summed E-state index contributed by atoms with van der Waals surface area (Å²) in [6.45, 7) is 1.89. The molecule has 1 aliphatic rings. The first-order valence-electron chi connectivity index (χ1n) is 4.02. The second kappa shape index (κ2) is 2.71. The van der Waals surface area contributed by atoms with Crippen LogP contribution in [0.2, 0.25) is 0 Å². The second-order valence-electron chi connectivity index (χ2n) is 3.62. The van der Waals surface area contributed by atoms with Gasteiger partial charge >= 0.3 is 6.18 Å². The van der Waals surface area contributed by atoms with Crippen LogP contribution in [-0.2, 0) is 9.59 Å². The lowest BCUT2D eigenvalue weighted by atomic mass is 9.79. The van der Waals surface area contributed by atoms with Gasteiger partial charge in [0.1, 0.15) is 0 Å². The fourth-order valence-electron chi connectivity index (χ4n) is 1.54. The zero-order valence-electron chi connectivity index (χ0n) is 7.97. The van der Waals surface area contributed by atoms with Crippen LogP contribution in [0.4, 0.5) is 13.2 Å². The molecule has 0 radical (unpaired) electrons. The summed E-state index contributed by atoms with van der Waals surface area (Å²) in [7, 11) is 1.07. The van der Waals surface area contributed by atoms with Crippen LogP contribution in [0.1, 0.15) is 13.8 Å². The van der Waals surface area contributed by atoms with Gasteiger partial charge in [0, 0.05) is 7.05 Å². The molecule has 0 aliphatic carbocycles. The minimum atomic E-state index is -4.69. The van der Waals surface area contributed by atoms with Crippen molar-refractivity contribution in [3.05, 3.63) is 0 Å². The van der Waals surface area contributed by atoms with E-state index in [-0.39, 0.29) is 0 Å². The largest absolute Gasteiger partial charge is 0.403 e. The van der Waals surface area contributed by atoms with Crippen LogP contribution in [0.5, 0.6) is 0 Å². The van der Waals surface area contributed by atoms with Crippen LogP contribution in [-0.4, -0.2) is 29.9 Å². The Bertz CT molecular complexity index is 299. The summed E-state index contributed by atoms with van der Waals surface area (Å²) in [6, 6.07) is 0. The third-order valence-corrected chi connectivity index (χ3v) is 2.90. The van der Waals surface area contributed by atoms with Gasteiger partial charge in [0.2, 0.25) is 11.8 Å². The lowest BCUT2D eigenvalue weighted by molar-refractivity contribution is -0.223. The third kappa shape index (κ3) is 1.06. The first kappa shape index (κ1) is 11.0. The SMILES string of the molecule is CC1C(=O)N(C)C(=O)C1(C)C(F)(F)F. The lowest BCUT2D eigenvalue weighted by Crippen LogP contribution is -2.45. The van der Waals surface area contributed by atoms with Crippen molar-refractivity contribution in [1.29, 1.82) is 0 Å². The standard InChI is InChI=1S/C8H10F3NO2/c1-4-5(13)12(3)6(14)7(4,2)8(9,10)11/h4H,1-3H3. The van der Waals surface area contributed by atoms with E-state index in [0.29, 0.717) is 4.90 Å². The van der Waals surface area contributed by atoms with Gasteiger partial charge in [-0.25, -0.2) is 0 Å². The topological polar surface area (TPSA) is 37.4 Å². The highest BCUT2D eigenvalue weighted by molar-refractivity contribution is 6.07.